The average molecular weight is 276 g/mol. The van der Waals surface area contributed by atoms with E-state index >= 15 is 0 Å². The van der Waals surface area contributed by atoms with Gasteiger partial charge in [-0.1, -0.05) is 6.07 Å². The molecule has 0 spiro atoms. The summed E-state index contributed by atoms with van der Waals surface area (Å²) in [6.45, 7) is 1.12. The van der Waals surface area contributed by atoms with Gasteiger partial charge < -0.3 is 11.1 Å². The van der Waals surface area contributed by atoms with Crippen molar-refractivity contribution in [3.05, 3.63) is 41.3 Å². The second kappa shape index (κ2) is 6.36. The Labute approximate surface area is 115 Å². The van der Waals surface area contributed by atoms with Crippen LogP contribution in [-0.2, 0) is 0 Å². The van der Waals surface area contributed by atoms with Gasteiger partial charge in [0.25, 0.3) is 0 Å². The number of benzene rings is 1. The molecule has 0 fully saturated rings. The lowest BCUT2D eigenvalue weighted by atomic mass is 10.1. The van der Waals surface area contributed by atoms with Crippen molar-refractivity contribution >= 4 is 22.5 Å². The highest BCUT2D eigenvalue weighted by Crippen LogP contribution is 2.30. The minimum absolute atomic E-state index is 0.0586. The van der Waals surface area contributed by atoms with Crippen LogP contribution in [0.5, 0.6) is 0 Å². The average Bonchev–Trinajstić information content (AvgIpc) is 2.45. The fourth-order valence-electron chi connectivity index (χ4n) is 1.59. The summed E-state index contributed by atoms with van der Waals surface area (Å²) in [5.74, 6) is 1.07. The predicted octanol–water partition coefficient (Wildman–Crippen LogP) is 1.69. The maximum absolute atomic E-state index is 13.5. The molecule has 98 valence electrons. The molecule has 0 saturated carbocycles. The highest BCUT2D eigenvalue weighted by molar-refractivity contribution is 8.09. The van der Waals surface area contributed by atoms with Crippen LogP contribution in [-0.4, -0.2) is 24.7 Å². The molecule has 6 heteroatoms. The molecule has 0 unspecified atom stereocenters. The highest BCUT2D eigenvalue weighted by atomic mass is 32.2. The van der Waals surface area contributed by atoms with Crippen molar-refractivity contribution in [3.8, 4) is 6.07 Å². The van der Waals surface area contributed by atoms with Crippen LogP contribution in [0.15, 0.2) is 29.4 Å². The third-order valence-electron chi connectivity index (χ3n) is 2.54. The van der Waals surface area contributed by atoms with Gasteiger partial charge >= 0.3 is 0 Å². The molecule has 2 rings (SSSR count). The molecule has 0 atom stereocenters. The van der Waals surface area contributed by atoms with E-state index in [0.29, 0.717) is 18.8 Å². The quantitative estimate of drug-likeness (QED) is 0.881. The summed E-state index contributed by atoms with van der Waals surface area (Å²) in [4.78, 5) is 5.20. The molecule has 0 bridgehead atoms. The van der Waals surface area contributed by atoms with E-state index in [1.54, 1.807) is 24.0 Å². The molecular weight excluding hydrogens is 263 g/mol. The van der Waals surface area contributed by atoms with Crippen LogP contribution in [0.25, 0.3) is 4.91 Å². The van der Waals surface area contributed by atoms with Crippen molar-refractivity contribution in [2.24, 2.45) is 10.7 Å². The van der Waals surface area contributed by atoms with Gasteiger partial charge in [-0.15, -0.1) is 11.8 Å². The topological polar surface area (TPSA) is 74.2 Å². The van der Waals surface area contributed by atoms with Gasteiger partial charge in [0.05, 0.1) is 17.9 Å². The van der Waals surface area contributed by atoms with Crippen LogP contribution < -0.4 is 11.1 Å². The van der Waals surface area contributed by atoms with Crippen molar-refractivity contribution < 1.29 is 4.39 Å². The fourth-order valence-corrected chi connectivity index (χ4v) is 2.50. The van der Waals surface area contributed by atoms with Gasteiger partial charge in [0.15, 0.2) is 0 Å². The molecule has 0 saturated heterocycles. The van der Waals surface area contributed by atoms with E-state index in [4.69, 9.17) is 11.0 Å². The molecule has 1 heterocycles. The van der Waals surface area contributed by atoms with E-state index in [2.05, 4.69) is 10.3 Å². The maximum Gasteiger partial charge on any atom is 0.141 e. The van der Waals surface area contributed by atoms with E-state index in [9.17, 15) is 4.39 Å². The van der Waals surface area contributed by atoms with E-state index in [-0.39, 0.29) is 5.56 Å². The number of nitriles is 1. The smallest absolute Gasteiger partial charge is 0.141 e. The van der Waals surface area contributed by atoms with Gasteiger partial charge in [0.1, 0.15) is 17.7 Å². The third-order valence-corrected chi connectivity index (χ3v) is 3.62. The zero-order valence-electron chi connectivity index (χ0n) is 10.2. The Bertz CT molecular complexity index is 574. The Morgan fingerprint density at radius 1 is 1.53 bits per heavy atom. The SMILES string of the molecule is N#Cc1ccc(C2=CNC(=NCCN)CS2)cc1F. The lowest BCUT2D eigenvalue weighted by Crippen LogP contribution is -2.25. The number of nitrogens with one attached hydrogen (secondary N) is 1. The summed E-state index contributed by atoms with van der Waals surface area (Å²) >= 11 is 1.57. The summed E-state index contributed by atoms with van der Waals surface area (Å²) in [6.07, 6.45) is 1.80. The molecular formula is C13H13FN4S. The molecule has 4 nitrogen and oxygen atoms in total. The zero-order valence-corrected chi connectivity index (χ0v) is 11.0. The van der Waals surface area contributed by atoms with Crippen molar-refractivity contribution in [2.75, 3.05) is 18.8 Å². The molecule has 0 aromatic heterocycles. The summed E-state index contributed by atoms with van der Waals surface area (Å²) in [6, 6.07) is 6.41. The molecule has 1 aliphatic rings. The first-order valence-corrected chi connectivity index (χ1v) is 6.76. The van der Waals surface area contributed by atoms with Gasteiger partial charge in [-0.05, 0) is 17.7 Å². The molecule has 19 heavy (non-hydrogen) atoms. The lowest BCUT2D eigenvalue weighted by Gasteiger charge is -2.16. The highest BCUT2D eigenvalue weighted by Gasteiger charge is 2.12. The molecule has 1 aromatic carbocycles. The first-order chi connectivity index (χ1) is 9.24. The van der Waals surface area contributed by atoms with Gasteiger partial charge in [0, 0.05) is 17.6 Å². The van der Waals surface area contributed by atoms with E-state index in [1.165, 1.54) is 12.1 Å². The number of thioether (sulfide) groups is 1. The molecule has 1 aliphatic heterocycles. The summed E-state index contributed by atoms with van der Waals surface area (Å²) in [7, 11) is 0. The Morgan fingerprint density at radius 3 is 2.95 bits per heavy atom. The number of amidine groups is 1. The lowest BCUT2D eigenvalue weighted by molar-refractivity contribution is 0.623. The maximum atomic E-state index is 13.5. The number of nitrogens with two attached hydrogens (primary N) is 1. The van der Waals surface area contributed by atoms with Gasteiger partial charge in [0.2, 0.25) is 0 Å². The zero-order chi connectivity index (χ0) is 13.7. The summed E-state index contributed by atoms with van der Waals surface area (Å²) in [5.41, 5.74) is 6.20. The van der Waals surface area contributed by atoms with Crippen molar-refractivity contribution in [3.63, 3.8) is 0 Å². The van der Waals surface area contributed by atoms with Crippen LogP contribution in [0, 0.1) is 17.1 Å². The monoisotopic (exact) mass is 276 g/mol. The Kier molecular flexibility index (Phi) is 4.55. The minimum atomic E-state index is -0.496. The Morgan fingerprint density at radius 2 is 2.37 bits per heavy atom. The van der Waals surface area contributed by atoms with Crippen LogP contribution >= 0.6 is 11.8 Å². The molecule has 0 radical (unpaired) electrons. The van der Waals surface area contributed by atoms with Crippen LogP contribution in [0.4, 0.5) is 4.39 Å². The van der Waals surface area contributed by atoms with E-state index < -0.39 is 5.82 Å². The summed E-state index contributed by atoms with van der Waals surface area (Å²) < 4.78 is 13.5. The largest absolute Gasteiger partial charge is 0.349 e. The number of nitrogens with zero attached hydrogens (tertiary/aromatic N) is 2. The fraction of sp³-hybridized carbons (Fsp3) is 0.231. The van der Waals surface area contributed by atoms with E-state index in [1.807, 2.05) is 6.07 Å². The first kappa shape index (κ1) is 13.6. The number of rotatable bonds is 3. The Balaban J connectivity index is 2.14. The molecule has 1 aromatic rings. The second-order valence-electron chi connectivity index (χ2n) is 3.87. The second-order valence-corrected chi connectivity index (χ2v) is 4.88. The number of hydrogen-bond donors (Lipinski definition) is 2. The third kappa shape index (κ3) is 3.34. The number of aliphatic imine (C=N–C) groups is 1. The molecule has 3 N–H and O–H groups in total. The van der Waals surface area contributed by atoms with Crippen LogP contribution in [0.3, 0.4) is 0 Å². The normalized spacial score (nSPS) is 16.7. The Hall–Kier alpha value is -1.84. The van der Waals surface area contributed by atoms with Crippen LogP contribution in [0.1, 0.15) is 11.1 Å². The number of halogens is 1. The van der Waals surface area contributed by atoms with Gasteiger partial charge in [-0.25, -0.2) is 4.39 Å². The van der Waals surface area contributed by atoms with Crippen molar-refractivity contribution in [1.82, 2.24) is 5.32 Å². The van der Waals surface area contributed by atoms with Crippen molar-refractivity contribution in [2.45, 2.75) is 0 Å². The van der Waals surface area contributed by atoms with Gasteiger partial charge in [-0.2, -0.15) is 5.26 Å². The molecule has 0 aliphatic carbocycles. The number of hydrogen-bond acceptors (Lipinski definition) is 4. The van der Waals surface area contributed by atoms with Crippen LogP contribution in [0.2, 0.25) is 0 Å². The van der Waals surface area contributed by atoms with E-state index in [0.717, 1.165) is 16.3 Å². The predicted molar refractivity (Wildman–Crippen MR) is 76.0 cm³/mol. The van der Waals surface area contributed by atoms with Crippen molar-refractivity contribution in [1.29, 1.82) is 5.26 Å². The van der Waals surface area contributed by atoms with Gasteiger partial charge in [-0.3, -0.25) is 4.99 Å². The standard InChI is InChI=1S/C13H13FN4S/c14-11-5-9(1-2-10(11)6-16)12-7-18-13(8-19-12)17-4-3-15/h1-2,5,7H,3-4,8,15H2,(H,17,18). The minimum Gasteiger partial charge on any atom is -0.349 e. The molecule has 0 amide bonds. The first-order valence-electron chi connectivity index (χ1n) is 5.77. The summed E-state index contributed by atoms with van der Waals surface area (Å²) in [5, 5.41) is 11.8.